The summed E-state index contributed by atoms with van der Waals surface area (Å²) in [6.07, 6.45) is 4.65. The summed E-state index contributed by atoms with van der Waals surface area (Å²) < 4.78 is 2.52. The fourth-order valence-electron chi connectivity index (χ4n) is 8.39. The highest BCUT2D eigenvalue weighted by molar-refractivity contribution is 7.26. The van der Waals surface area contributed by atoms with Gasteiger partial charge in [-0.1, -0.05) is 164 Å². The van der Waals surface area contributed by atoms with Crippen LogP contribution >= 0.6 is 11.3 Å². The minimum absolute atomic E-state index is 0.0118. The molecule has 0 fully saturated rings. The van der Waals surface area contributed by atoms with Crippen molar-refractivity contribution in [2.75, 3.05) is 0 Å². The number of para-hydroxylation sites is 1. The van der Waals surface area contributed by atoms with Gasteiger partial charge in [-0.25, -0.2) is 4.98 Å². The van der Waals surface area contributed by atoms with E-state index in [1.807, 2.05) is 11.3 Å². The summed E-state index contributed by atoms with van der Waals surface area (Å²) in [4.78, 5) is 5.25. The number of rotatable bonds is 5. The lowest BCUT2D eigenvalue weighted by Gasteiger charge is -2.26. The zero-order valence-corrected chi connectivity index (χ0v) is 30.7. The van der Waals surface area contributed by atoms with E-state index < -0.39 is 0 Å². The van der Waals surface area contributed by atoms with E-state index in [4.69, 9.17) is 4.98 Å². The Kier molecular flexibility index (Phi) is 7.46. The van der Waals surface area contributed by atoms with Gasteiger partial charge in [0.25, 0.3) is 0 Å². The maximum Gasteiger partial charge on any atom is 0.0888 e. The van der Waals surface area contributed by atoms with Gasteiger partial charge in [0.2, 0.25) is 0 Å². The van der Waals surface area contributed by atoms with Gasteiger partial charge < -0.3 is 5.32 Å². The number of fused-ring (bicyclic) bond motifs is 8. The summed E-state index contributed by atoms with van der Waals surface area (Å²) in [5.41, 5.74) is 11.5. The first kappa shape index (κ1) is 31.7. The van der Waals surface area contributed by atoms with Crippen LogP contribution in [0.4, 0.5) is 0 Å². The van der Waals surface area contributed by atoms with E-state index in [1.165, 1.54) is 80.5 Å². The van der Waals surface area contributed by atoms with Crippen LogP contribution in [0.5, 0.6) is 0 Å². The molecule has 55 heavy (non-hydrogen) atoms. The zero-order chi connectivity index (χ0) is 36.3. The first-order valence-corrected chi connectivity index (χ1v) is 19.6. The Morgan fingerprint density at radius 1 is 0.491 bits per heavy atom. The van der Waals surface area contributed by atoms with Crippen molar-refractivity contribution in [3.63, 3.8) is 0 Å². The number of thiophene rings is 1. The SMILES string of the molecule is C1=C(c2ccc(-c3cc4ccccc4c4ccccc34)cc2)C=C(c2ccccc2)NC1c1ccc(-c2nc3ccccc3c3c2sc2ccccc23)cc1. The van der Waals surface area contributed by atoms with Crippen molar-refractivity contribution >= 4 is 75.2 Å². The van der Waals surface area contributed by atoms with Gasteiger partial charge in [-0.2, -0.15) is 0 Å². The number of pyridine rings is 1. The van der Waals surface area contributed by atoms with Gasteiger partial charge in [-0.3, -0.25) is 0 Å². The second-order valence-corrected chi connectivity index (χ2v) is 15.4. The maximum absolute atomic E-state index is 5.25. The molecule has 0 saturated carbocycles. The lowest BCUT2D eigenvalue weighted by atomic mass is 9.90. The van der Waals surface area contributed by atoms with Crippen LogP contribution in [-0.4, -0.2) is 4.98 Å². The van der Waals surface area contributed by atoms with E-state index in [2.05, 4.69) is 199 Å². The molecule has 0 radical (unpaired) electrons. The number of allylic oxidation sites excluding steroid dienone is 2. The molecule has 258 valence electrons. The zero-order valence-electron chi connectivity index (χ0n) is 29.9. The van der Waals surface area contributed by atoms with Crippen molar-refractivity contribution in [3.05, 3.63) is 211 Å². The maximum atomic E-state index is 5.25. The molecule has 2 nitrogen and oxygen atoms in total. The Hall–Kier alpha value is -6.81. The summed E-state index contributed by atoms with van der Waals surface area (Å²) in [6, 6.07) is 65.8. The predicted molar refractivity (Wildman–Crippen MR) is 235 cm³/mol. The summed E-state index contributed by atoms with van der Waals surface area (Å²) in [5.74, 6) is 0. The Labute approximate surface area is 323 Å². The monoisotopic (exact) mass is 718 g/mol. The van der Waals surface area contributed by atoms with Gasteiger partial charge in [-0.15, -0.1) is 11.3 Å². The molecule has 1 aliphatic rings. The number of benzene rings is 8. The smallest absolute Gasteiger partial charge is 0.0888 e. The first-order chi connectivity index (χ1) is 27.2. The number of nitrogens with zero attached hydrogens (tertiary/aromatic N) is 1. The van der Waals surface area contributed by atoms with E-state index in [0.717, 1.165) is 22.5 Å². The van der Waals surface area contributed by atoms with Crippen LogP contribution in [0.1, 0.15) is 22.7 Å². The third kappa shape index (κ3) is 5.43. The molecule has 2 aromatic heterocycles. The fraction of sp³-hybridized carbons (Fsp3) is 0.0192. The lowest BCUT2D eigenvalue weighted by Crippen LogP contribution is -2.21. The van der Waals surface area contributed by atoms with Crippen LogP contribution < -0.4 is 5.32 Å². The van der Waals surface area contributed by atoms with Crippen molar-refractivity contribution in [1.82, 2.24) is 10.3 Å². The third-order valence-corrected chi connectivity index (χ3v) is 12.3. The van der Waals surface area contributed by atoms with E-state index in [9.17, 15) is 0 Å². The topological polar surface area (TPSA) is 24.9 Å². The largest absolute Gasteiger partial charge is 0.374 e. The molecule has 0 aliphatic carbocycles. The van der Waals surface area contributed by atoms with Crippen LogP contribution in [0.2, 0.25) is 0 Å². The summed E-state index contributed by atoms with van der Waals surface area (Å²) >= 11 is 1.83. The molecular formula is C52H34N2S. The van der Waals surface area contributed by atoms with Gasteiger partial charge in [0.15, 0.2) is 0 Å². The Balaban J connectivity index is 0.981. The van der Waals surface area contributed by atoms with E-state index in [1.54, 1.807) is 0 Å². The van der Waals surface area contributed by atoms with Gasteiger partial charge >= 0.3 is 0 Å². The molecule has 0 amide bonds. The summed E-state index contributed by atoms with van der Waals surface area (Å²) in [6.45, 7) is 0. The summed E-state index contributed by atoms with van der Waals surface area (Å²) in [5, 5.41) is 12.8. The minimum Gasteiger partial charge on any atom is -0.374 e. The molecule has 8 aromatic carbocycles. The number of aromatic nitrogens is 1. The highest BCUT2D eigenvalue weighted by Gasteiger charge is 2.20. The normalized spacial score (nSPS) is 14.4. The van der Waals surface area contributed by atoms with Crippen LogP contribution in [0, 0.1) is 0 Å². The highest BCUT2D eigenvalue weighted by Crippen LogP contribution is 2.43. The standard InChI is InChI=1S/C52H34N2S/c1-2-12-35(13-3-1)47-31-39(33-22-24-34(25-23-33)45-30-38-14-4-5-15-40(38)41-16-6-7-17-42(41)45)32-48(53-47)36-26-28-37(29-27-36)51-52-50(43-18-8-10-20-46(43)54-51)44-19-9-11-21-49(44)55-52/h1-32,48,53H. The van der Waals surface area contributed by atoms with Crippen LogP contribution in [-0.2, 0) is 0 Å². The lowest BCUT2D eigenvalue weighted by molar-refractivity contribution is 0.767. The molecule has 11 rings (SSSR count). The van der Waals surface area contributed by atoms with E-state index in [-0.39, 0.29) is 6.04 Å². The third-order valence-electron chi connectivity index (χ3n) is 11.1. The Morgan fingerprint density at radius 3 is 1.95 bits per heavy atom. The van der Waals surface area contributed by atoms with Crippen molar-refractivity contribution in [1.29, 1.82) is 0 Å². The molecule has 0 saturated heterocycles. The number of nitrogens with one attached hydrogen (secondary N) is 1. The van der Waals surface area contributed by atoms with Crippen molar-refractivity contribution < 1.29 is 0 Å². The molecule has 1 aliphatic heterocycles. The quantitative estimate of drug-likeness (QED) is 0.179. The molecule has 3 heteroatoms. The number of hydrogen-bond donors (Lipinski definition) is 1. The highest BCUT2D eigenvalue weighted by atomic mass is 32.1. The average molecular weight is 719 g/mol. The first-order valence-electron chi connectivity index (χ1n) is 18.8. The Bertz CT molecular complexity index is 3150. The minimum atomic E-state index is -0.0118. The predicted octanol–water partition coefficient (Wildman–Crippen LogP) is 14.0. The average Bonchev–Trinajstić information content (AvgIpc) is 3.66. The molecule has 3 heterocycles. The van der Waals surface area contributed by atoms with E-state index >= 15 is 0 Å². The molecule has 0 bridgehead atoms. The van der Waals surface area contributed by atoms with Crippen molar-refractivity contribution in [3.8, 4) is 22.4 Å². The second kappa shape index (κ2) is 12.9. The second-order valence-electron chi connectivity index (χ2n) is 14.3. The van der Waals surface area contributed by atoms with Gasteiger partial charge in [0, 0.05) is 32.1 Å². The molecule has 1 N–H and O–H groups in total. The summed E-state index contributed by atoms with van der Waals surface area (Å²) in [7, 11) is 0. The van der Waals surface area contributed by atoms with E-state index in [0.29, 0.717) is 0 Å². The number of dihydropyridines is 1. The van der Waals surface area contributed by atoms with Crippen molar-refractivity contribution in [2.24, 2.45) is 0 Å². The van der Waals surface area contributed by atoms with Crippen molar-refractivity contribution in [2.45, 2.75) is 6.04 Å². The molecule has 1 atom stereocenters. The molecule has 1 unspecified atom stereocenters. The van der Waals surface area contributed by atoms with Crippen LogP contribution in [0.15, 0.2) is 194 Å². The van der Waals surface area contributed by atoms with Gasteiger partial charge in [0.05, 0.1) is 22.0 Å². The molecular weight excluding hydrogens is 685 g/mol. The molecule has 0 spiro atoms. The van der Waals surface area contributed by atoms with Crippen LogP contribution in [0.3, 0.4) is 0 Å². The van der Waals surface area contributed by atoms with Gasteiger partial charge in [0.1, 0.15) is 0 Å². The fourth-order valence-corrected chi connectivity index (χ4v) is 9.62. The van der Waals surface area contributed by atoms with Crippen LogP contribution in [0.25, 0.3) is 86.3 Å². The van der Waals surface area contributed by atoms with Gasteiger partial charge in [-0.05, 0) is 85.3 Å². The molecule has 10 aromatic rings. The number of hydrogen-bond acceptors (Lipinski definition) is 3. The Morgan fingerprint density at radius 2 is 1.13 bits per heavy atom.